The van der Waals surface area contributed by atoms with Crippen LogP contribution >= 0.6 is 0 Å². The highest BCUT2D eigenvalue weighted by Gasteiger charge is 2.22. The average Bonchev–Trinajstić information content (AvgIpc) is 3.06. The molecule has 0 amide bonds. The first-order valence-electron chi connectivity index (χ1n) is 14.4. The lowest BCUT2D eigenvalue weighted by molar-refractivity contribution is 1.30. The molecule has 0 N–H and O–H groups in total. The van der Waals surface area contributed by atoms with Crippen LogP contribution in [0.15, 0.2) is 170 Å². The third-order valence-electron chi connectivity index (χ3n) is 8.12. The van der Waals surface area contributed by atoms with E-state index >= 15 is 0 Å². The number of anilines is 6. The van der Waals surface area contributed by atoms with E-state index in [4.69, 9.17) is 0 Å². The lowest BCUT2D eigenvalue weighted by Gasteiger charge is -2.30. The van der Waals surface area contributed by atoms with Gasteiger partial charge in [0.25, 0.3) is 0 Å². The van der Waals surface area contributed by atoms with Crippen molar-refractivity contribution in [2.45, 2.75) is 0 Å². The van der Waals surface area contributed by atoms with Gasteiger partial charge in [-0.1, -0.05) is 109 Å². The number of hydrogen-bond acceptors (Lipinski definition) is 2. The molecule has 0 aliphatic carbocycles. The summed E-state index contributed by atoms with van der Waals surface area (Å²) in [5, 5.41) is 7.52. The molecule has 198 valence electrons. The zero-order chi connectivity index (χ0) is 27.9. The predicted molar refractivity (Wildman–Crippen MR) is 180 cm³/mol. The molecule has 42 heavy (non-hydrogen) atoms. The summed E-state index contributed by atoms with van der Waals surface area (Å²) in [6.07, 6.45) is 0. The lowest BCUT2D eigenvalue weighted by atomic mass is 9.91. The van der Waals surface area contributed by atoms with Gasteiger partial charge in [-0.3, -0.25) is 0 Å². The maximum atomic E-state index is 2.38. The monoisotopic (exact) mass is 536 g/mol. The number of rotatable bonds is 6. The van der Waals surface area contributed by atoms with Gasteiger partial charge in [-0.2, -0.15) is 0 Å². The molecular formula is C40H28N2. The van der Waals surface area contributed by atoms with Crippen molar-refractivity contribution in [3.63, 3.8) is 0 Å². The fraction of sp³-hybridized carbons (Fsp3) is 0. The highest BCUT2D eigenvalue weighted by atomic mass is 15.2. The molecule has 0 aliphatic rings. The minimum atomic E-state index is 1.13. The number of hydrogen-bond donors (Lipinski definition) is 0. The molecule has 0 radical (unpaired) electrons. The van der Waals surface area contributed by atoms with Crippen molar-refractivity contribution in [2.75, 3.05) is 9.80 Å². The Kier molecular flexibility index (Phi) is 5.82. The second-order valence-corrected chi connectivity index (χ2v) is 10.6. The largest absolute Gasteiger partial charge is 0.310 e. The fourth-order valence-electron chi connectivity index (χ4n) is 6.35. The first-order chi connectivity index (χ1) is 20.9. The van der Waals surface area contributed by atoms with Crippen LogP contribution in [-0.2, 0) is 0 Å². The van der Waals surface area contributed by atoms with Gasteiger partial charge in [0.2, 0.25) is 0 Å². The van der Waals surface area contributed by atoms with Crippen LogP contribution in [0.3, 0.4) is 0 Å². The SMILES string of the molecule is c1ccc(N(c2ccccc2)c2cc3cccc4cc(N(c5ccccc5)c5ccccc5)c5cccc2c5c34)cc1. The number of para-hydroxylation sites is 4. The van der Waals surface area contributed by atoms with Gasteiger partial charge in [-0.25, -0.2) is 0 Å². The molecule has 2 heteroatoms. The highest BCUT2D eigenvalue weighted by molar-refractivity contribution is 6.29. The Morgan fingerprint density at radius 2 is 0.619 bits per heavy atom. The van der Waals surface area contributed by atoms with Gasteiger partial charge in [0.15, 0.2) is 0 Å². The maximum Gasteiger partial charge on any atom is 0.0546 e. The van der Waals surface area contributed by atoms with Gasteiger partial charge in [-0.15, -0.1) is 0 Å². The zero-order valence-electron chi connectivity index (χ0n) is 23.1. The van der Waals surface area contributed by atoms with Crippen molar-refractivity contribution in [1.82, 2.24) is 0 Å². The van der Waals surface area contributed by atoms with E-state index in [2.05, 4.69) is 180 Å². The van der Waals surface area contributed by atoms with E-state index < -0.39 is 0 Å². The molecule has 0 heterocycles. The fourth-order valence-corrected chi connectivity index (χ4v) is 6.35. The van der Waals surface area contributed by atoms with Crippen LogP contribution in [0.5, 0.6) is 0 Å². The van der Waals surface area contributed by atoms with E-state index in [1.165, 1.54) is 43.7 Å². The molecule has 0 bridgehead atoms. The van der Waals surface area contributed by atoms with Gasteiger partial charge in [-0.05, 0) is 76.8 Å². The van der Waals surface area contributed by atoms with Gasteiger partial charge < -0.3 is 9.80 Å². The summed E-state index contributed by atoms with van der Waals surface area (Å²) in [7, 11) is 0. The van der Waals surface area contributed by atoms with E-state index in [-0.39, 0.29) is 0 Å². The van der Waals surface area contributed by atoms with Crippen molar-refractivity contribution in [1.29, 1.82) is 0 Å². The topological polar surface area (TPSA) is 6.48 Å². The normalized spacial score (nSPS) is 11.3. The quantitative estimate of drug-likeness (QED) is 0.195. The molecule has 0 aromatic heterocycles. The van der Waals surface area contributed by atoms with Crippen molar-refractivity contribution in [3.05, 3.63) is 170 Å². The van der Waals surface area contributed by atoms with Gasteiger partial charge in [0.05, 0.1) is 11.4 Å². The molecule has 0 spiro atoms. The second kappa shape index (κ2) is 10.1. The van der Waals surface area contributed by atoms with Crippen molar-refractivity contribution in [2.24, 2.45) is 0 Å². The Morgan fingerprint density at radius 3 is 0.976 bits per heavy atom. The summed E-state index contributed by atoms with van der Waals surface area (Å²) in [6, 6.07) is 60.8. The Hall–Kier alpha value is -5.60. The van der Waals surface area contributed by atoms with E-state index in [0.717, 1.165) is 22.7 Å². The highest BCUT2D eigenvalue weighted by Crippen LogP contribution is 2.49. The first-order valence-corrected chi connectivity index (χ1v) is 14.4. The van der Waals surface area contributed by atoms with Crippen molar-refractivity contribution >= 4 is 66.4 Å². The molecular weight excluding hydrogens is 508 g/mol. The Bertz CT molecular complexity index is 1900. The first kappa shape index (κ1) is 24.2. The van der Waals surface area contributed by atoms with Crippen LogP contribution < -0.4 is 9.80 Å². The Morgan fingerprint density at radius 1 is 0.286 bits per heavy atom. The molecule has 0 aliphatic heterocycles. The molecule has 0 fully saturated rings. The zero-order valence-corrected chi connectivity index (χ0v) is 23.1. The minimum absolute atomic E-state index is 1.13. The predicted octanol–water partition coefficient (Wildman–Crippen LogP) is 11.5. The van der Waals surface area contributed by atoms with Crippen LogP contribution in [-0.4, -0.2) is 0 Å². The van der Waals surface area contributed by atoms with Gasteiger partial charge in [0, 0.05) is 38.9 Å². The molecule has 8 rings (SSSR count). The number of nitrogens with zero attached hydrogens (tertiary/aromatic N) is 2. The van der Waals surface area contributed by atoms with Gasteiger partial charge >= 0.3 is 0 Å². The maximum absolute atomic E-state index is 2.38. The molecule has 0 atom stereocenters. The molecule has 8 aromatic rings. The standard InChI is InChI=1S/C40H28N2/c1-5-17-31(18-6-1)41(32-19-7-2-8-20-32)37-27-29-15-13-16-30-28-38(36-26-14-25-35(37)40(36)39(29)30)42(33-21-9-3-10-22-33)34-23-11-4-12-24-34/h1-28H. The van der Waals surface area contributed by atoms with E-state index in [9.17, 15) is 0 Å². The Labute approximate surface area is 245 Å². The van der Waals surface area contributed by atoms with E-state index in [0.29, 0.717) is 0 Å². The van der Waals surface area contributed by atoms with Crippen molar-refractivity contribution < 1.29 is 0 Å². The van der Waals surface area contributed by atoms with Crippen LogP contribution in [0, 0.1) is 0 Å². The smallest absolute Gasteiger partial charge is 0.0546 e. The van der Waals surface area contributed by atoms with Crippen LogP contribution in [0.1, 0.15) is 0 Å². The molecule has 2 nitrogen and oxygen atoms in total. The summed E-state index contributed by atoms with van der Waals surface area (Å²) in [5.74, 6) is 0. The summed E-state index contributed by atoms with van der Waals surface area (Å²) in [6.45, 7) is 0. The summed E-state index contributed by atoms with van der Waals surface area (Å²) >= 11 is 0. The summed E-state index contributed by atoms with van der Waals surface area (Å²) in [4.78, 5) is 4.77. The molecule has 8 aromatic carbocycles. The van der Waals surface area contributed by atoms with E-state index in [1.807, 2.05) is 0 Å². The third-order valence-corrected chi connectivity index (χ3v) is 8.12. The molecule has 0 unspecified atom stereocenters. The second-order valence-electron chi connectivity index (χ2n) is 10.6. The van der Waals surface area contributed by atoms with Crippen LogP contribution in [0.4, 0.5) is 34.1 Å². The molecule has 0 saturated heterocycles. The van der Waals surface area contributed by atoms with Crippen LogP contribution in [0.25, 0.3) is 32.3 Å². The lowest BCUT2D eigenvalue weighted by Crippen LogP contribution is -2.12. The third kappa shape index (κ3) is 3.96. The van der Waals surface area contributed by atoms with E-state index in [1.54, 1.807) is 0 Å². The number of benzene rings is 8. The molecule has 0 saturated carbocycles. The summed E-state index contributed by atoms with van der Waals surface area (Å²) in [5.41, 5.74) is 6.87. The average molecular weight is 537 g/mol. The summed E-state index contributed by atoms with van der Waals surface area (Å²) < 4.78 is 0. The van der Waals surface area contributed by atoms with Crippen LogP contribution in [0.2, 0.25) is 0 Å². The Balaban J connectivity index is 1.48. The minimum Gasteiger partial charge on any atom is -0.310 e. The van der Waals surface area contributed by atoms with Crippen molar-refractivity contribution in [3.8, 4) is 0 Å². The van der Waals surface area contributed by atoms with Gasteiger partial charge in [0.1, 0.15) is 0 Å².